The van der Waals surface area contributed by atoms with Crippen molar-refractivity contribution < 1.29 is 22.7 Å². The van der Waals surface area contributed by atoms with Crippen LogP contribution in [0.1, 0.15) is 5.56 Å². The zero-order valence-corrected chi connectivity index (χ0v) is 11.7. The minimum atomic E-state index is -4.47. The molecule has 1 saturated heterocycles. The molecule has 1 fully saturated rings. The Labute approximate surface area is 120 Å². The summed E-state index contributed by atoms with van der Waals surface area (Å²) < 4.78 is 43.2. The van der Waals surface area contributed by atoms with Crippen LogP contribution in [0.2, 0.25) is 0 Å². The van der Waals surface area contributed by atoms with Crippen molar-refractivity contribution in [1.29, 1.82) is 0 Å². The van der Waals surface area contributed by atoms with Crippen LogP contribution in [0.5, 0.6) is 5.75 Å². The monoisotopic (exact) mass is 386 g/mol. The molecule has 0 spiro atoms. The molecule has 2 atom stereocenters. The zero-order chi connectivity index (χ0) is 14.2. The summed E-state index contributed by atoms with van der Waals surface area (Å²) >= 11 is 1.91. The van der Waals surface area contributed by atoms with Crippen LogP contribution >= 0.6 is 22.6 Å². The first-order valence-electron chi connectivity index (χ1n) is 5.33. The van der Waals surface area contributed by atoms with E-state index in [1.54, 1.807) is 0 Å². The van der Waals surface area contributed by atoms with Crippen LogP contribution in [0.25, 0.3) is 0 Å². The molecular weight excluding hydrogens is 376 g/mol. The average Bonchev–Trinajstić information content (AvgIpc) is 2.32. The van der Waals surface area contributed by atoms with Crippen molar-refractivity contribution in [3.63, 3.8) is 0 Å². The second-order valence-electron chi connectivity index (χ2n) is 4.01. The van der Waals surface area contributed by atoms with E-state index >= 15 is 0 Å². The number of primary amides is 1. The summed E-state index contributed by atoms with van der Waals surface area (Å²) in [6, 6.07) is 4.38. The number of amides is 2. The van der Waals surface area contributed by atoms with Crippen LogP contribution in [0.4, 0.5) is 18.0 Å². The highest BCUT2D eigenvalue weighted by molar-refractivity contribution is 14.1. The van der Waals surface area contributed by atoms with Gasteiger partial charge in [0.2, 0.25) is 0 Å². The Hall–Kier alpha value is -1.19. The predicted molar refractivity (Wildman–Crippen MR) is 70.0 cm³/mol. The number of ether oxygens (including phenoxy) is 1. The van der Waals surface area contributed by atoms with Gasteiger partial charge < -0.3 is 15.4 Å². The smallest absolute Gasteiger partial charge is 0.419 e. The number of urea groups is 1. The zero-order valence-electron chi connectivity index (χ0n) is 9.52. The SMILES string of the molecule is NC(=O)N1CC(Oc2ccccc2C(F)(F)F)C1I. The maximum absolute atomic E-state index is 12.8. The lowest BCUT2D eigenvalue weighted by Crippen LogP contribution is -2.62. The van der Waals surface area contributed by atoms with E-state index in [2.05, 4.69) is 0 Å². The number of nitrogens with two attached hydrogens (primary N) is 1. The maximum atomic E-state index is 12.8. The van der Waals surface area contributed by atoms with Crippen molar-refractivity contribution in [2.24, 2.45) is 5.73 Å². The minimum absolute atomic E-state index is 0.190. The highest BCUT2D eigenvalue weighted by Crippen LogP contribution is 2.38. The van der Waals surface area contributed by atoms with Gasteiger partial charge in [0.05, 0.1) is 12.1 Å². The molecule has 8 heteroatoms. The van der Waals surface area contributed by atoms with Crippen molar-refractivity contribution in [3.8, 4) is 5.75 Å². The number of nitrogens with zero attached hydrogens (tertiary/aromatic N) is 1. The molecule has 2 unspecified atom stereocenters. The molecule has 104 valence electrons. The van der Waals surface area contributed by atoms with E-state index in [1.807, 2.05) is 22.6 Å². The van der Waals surface area contributed by atoms with Crippen LogP contribution < -0.4 is 10.5 Å². The molecule has 1 heterocycles. The lowest BCUT2D eigenvalue weighted by atomic mass is 10.1. The standard InChI is InChI=1S/C11H10F3IN2O2/c12-11(13,14)6-3-1-2-4-7(6)19-8-5-17(9(8)15)10(16)18/h1-4,8-9H,5H2,(H2,16,18). The van der Waals surface area contributed by atoms with E-state index in [0.29, 0.717) is 0 Å². The molecule has 2 rings (SSSR count). The average molecular weight is 386 g/mol. The van der Waals surface area contributed by atoms with Crippen LogP contribution in [-0.2, 0) is 6.18 Å². The number of likely N-dealkylation sites (tertiary alicyclic amines) is 1. The second-order valence-corrected chi connectivity index (χ2v) is 5.29. The van der Waals surface area contributed by atoms with Gasteiger partial charge in [-0.05, 0) is 12.1 Å². The topological polar surface area (TPSA) is 55.6 Å². The first kappa shape index (κ1) is 14.2. The molecule has 1 aromatic rings. The fourth-order valence-electron chi connectivity index (χ4n) is 1.72. The van der Waals surface area contributed by atoms with E-state index < -0.39 is 23.9 Å². The molecular formula is C11H10F3IN2O2. The van der Waals surface area contributed by atoms with Gasteiger partial charge in [0.15, 0.2) is 0 Å². The quantitative estimate of drug-likeness (QED) is 0.483. The molecule has 19 heavy (non-hydrogen) atoms. The molecule has 1 aliphatic heterocycles. The van der Waals surface area contributed by atoms with Gasteiger partial charge in [0.25, 0.3) is 0 Å². The van der Waals surface area contributed by atoms with E-state index in [9.17, 15) is 18.0 Å². The Balaban J connectivity index is 2.12. The van der Waals surface area contributed by atoms with Crippen LogP contribution in [0.15, 0.2) is 24.3 Å². The molecule has 0 aliphatic carbocycles. The summed E-state index contributed by atoms with van der Waals surface area (Å²) in [6.45, 7) is 0.190. The van der Waals surface area contributed by atoms with Crippen LogP contribution in [0.3, 0.4) is 0 Å². The number of para-hydroxylation sites is 1. The van der Waals surface area contributed by atoms with Gasteiger partial charge >= 0.3 is 12.2 Å². The lowest BCUT2D eigenvalue weighted by Gasteiger charge is -2.43. The fraction of sp³-hybridized carbons (Fsp3) is 0.364. The molecule has 4 nitrogen and oxygen atoms in total. The maximum Gasteiger partial charge on any atom is 0.419 e. The molecule has 1 aliphatic rings. The van der Waals surface area contributed by atoms with Gasteiger partial charge in [0, 0.05) is 0 Å². The molecule has 0 saturated carbocycles. The summed E-state index contributed by atoms with van der Waals surface area (Å²) in [6.07, 6.45) is -4.96. The number of hydrogen-bond acceptors (Lipinski definition) is 2. The third-order valence-corrected chi connectivity index (χ3v) is 4.21. The van der Waals surface area contributed by atoms with Gasteiger partial charge in [-0.2, -0.15) is 13.2 Å². The predicted octanol–water partition coefficient (Wildman–Crippen LogP) is 2.61. The van der Waals surface area contributed by atoms with Gasteiger partial charge in [-0.1, -0.05) is 34.7 Å². The molecule has 0 aromatic heterocycles. The number of halogens is 4. The van der Waals surface area contributed by atoms with Crippen molar-refractivity contribution in [2.75, 3.05) is 6.54 Å². The summed E-state index contributed by atoms with van der Waals surface area (Å²) in [7, 11) is 0. The van der Waals surface area contributed by atoms with Crippen molar-refractivity contribution in [2.45, 2.75) is 16.3 Å². The second kappa shape index (κ2) is 5.06. The molecule has 2 N–H and O–H groups in total. The molecule has 0 radical (unpaired) electrons. The van der Waals surface area contributed by atoms with Gasteiger partial charge in [-0.25, -0.2) is 4.79 Å². The van der Waals surface area contributed by atoms with Crippen molar-refractivity contribution in [3.05, 3.63) is 29.8 Å². The Kier molecular flexibility index (Phi) is 3.79. The Morgan fingerprint density at radius 2 is 2.05 bits per heavy atom. The third-order valence-electron chi connectivity index (χ3n) is 2.74. The molecule has 0 bridgehead atoms. The van der Waals surface area contributed by atoms with Crippen LogP contribution in [-0.4, -0.2) is 27.6 Å². The van der Waals surface area contributed by atoms with E-state index in [0.717, 1.165) is 6.07 Å². The van der Waals surface area contributed by atoms with Crippen molar-refractivity contribution >= 4 is 28.6 Å². The minimum Gasteiger partial charge on any atom is -0.485 e. The number of alkyl halides is 4. The number of hydrogen-bond donors (Lipinski definition) is 1. The van der Waals surface area contributed by atoms with Gasteiger partial charge in [0.1, 0.15) is 15.9 Å². The number of rotatable bonds is 2. The highest BCUT2D eigenvalue weighted by atomic mass is 127. The number of carbonyl (C=O) groups is 1. The van der Waals surface area contributed by atoms with E-state index in [1.165, 1.54) is 23.1 Å². The lowest BCUT2D eigenvalue weighted by molar-refractivity contribution is -0.139. The molecule has 1 aromatic carbocycles. The highest BCUT2D eigenvalue weighted by Gasteiger charge is 2.42. The van der Waals surface area contributed by atoms with Crippen LogP contribution in [0, 0.1) is 0 Å². The first-order valence-corrected chi connectivity index (χ1v) is 6.58. The van der Waals surface area contributed by atoms with E-state index in [-0.39, 0.29) is 16.3 Å². The van der Waals surface area contributed by atoms with Crippen molar-refractivity contribution in [1.82, 2.24) is 4.90 Å². The Bertz CT molecular complexity index is 495. The fourth-order valence-corrected chi connectivity index (χ4v) is 2.59. The summed E-state index contributed by atoms with van der Waals surface area (Å²) in [5.41, 5.74) is 4.27. The number of benzene rings is 1. The summed E-state index contributed by atoms with van der Waals surface area (Å²) in [5.74, 6) is -0.231. The third kappa shape index (κ3) is 2.88. The molecule has 2 amide bonds. The summed E-state index contributed by atoms with van der Waals surface area (Å²) in [4.78, 5) is 12.2. The first-order chi connectivity index (χ1) is 8.80. The summed E-state index contributed by atoms with van der Waals surface area (Å²) in [5, 5.41) is 0. The van der Waals surface area contributed by atoms with Gasteiger partial charge in [-0.15, -0.1) is 0 Å². The number of carbonyl (C=O) groups excluding carboxylic acids is 1. The Morgan fingerprint density at radius 3 is 2.58 bits per heavy atom. The van der Waals surface area contributed by atoms with E-state index in [4.69, 9.17) is 10.5 Å². The Morgan fingerprint density at radius 1 is 1.42 bits per heavy atom. The largest absolute Gasteiger partial charge is 0.485 e. The normalized spacial score (nSPS) is 22.8. The van der Waals surface area contributed by atoms with Gasteiger partial charge in [-0.3, -0.25) is 0 Å².